The van der Waals surface area contributed by atoms with E-state index in [-0.39, 0.29) is 0 Å². The summed E-state index contributed by atoms with van der Waals surface area (Å²) in [4.78, 5) is 0. The Kier molecular flexibility index (Phi) is 8.55. The van der Waals surface area contributed by atoms with Gasteiger partial charge in [0.1, 0.15) is 0 Å². The van der Waals surface area contributed by atoms with Gasteiger partial charge in [0.05, 0.1) is 0 Å². The lowest BCUT2D eigenvalue weighted by atomic mass is 10.4. The maximum atomic E-state index is 5.52. The fraction of sp³-hybridized carbons (Fsp3) is 0.500. The molecule has 0 aromatic rings. The molecule has 0 saturated carbocycles. The van der Waals surface area contributed by atoms with Crippen molar-refractivity contribution in [2.45, 2.75) is 20.8 Å². The van der Waals surface area contributed by atoms with Crippen LogP contribution in [-0.2, 0) is 11.4 Å². The molecule has 0 saturated heterocycles. The summed E-state index contributed by atoms with van der Waals surface area (Å²) in [5.41, 5.74) is 2.86. The molecule has 0 spiro atoms. The molecule has 0 N–H and O–H groups in total. The van der Waals surface area contributed by atoms with Crippen molar-refractivity contribution in [1.82, 2.24) is 0 Å². The minimum Gasteiger partial charge on any atom is -0.451 e. The molecule has 3 nitrogen and oxygen atoms in total. The molecule has 0 rings (SSSR count). The van der Waals surface area contributed by atoms with E-state index >= 15 is 0 Å². The van der Waals surface area contributed by atoms with E-state index in [0.29, 0.717) is 19.8 Å². The zero-order valence-corrected chi connectivity index (χ0v) is 11.7. The summed E-state index contributed by atoms with van der Waals surface area (Å²) >= 11 is -2.08. The van der Waals surface area contributed by atoms with Crippen LogP contribution in [0.15, 0.2) is 36.5 Å². The van der Waals surface area contributed by atoms with Crippen molar-refractivity contribution in [3.8, 4) is 0 Å². The van der Waals surface area contributed by atoms with Crippen LogP contribution in [0.5, 0.6) is 0 Å². The molecule has 90 valence electrons. The van der Waals surface area contributed by atoms with Gasteiger partial charge in [0.2, 0.25) is 0 Å². The van der Waals surface area contributed by atoms with Crippen molar-refractivity contribution < 1.29 is 11.4 Å². The maximum absolute atomic E-state index is 5.52. The molecule has 0 heterocycles. The van der Waals surface area contributed by atoms with Crippen molar-refractivity contribution in [3.63, 3.8) is 0 Å². The van der Waals surface area contributed by atoms with Gasteiger partial charge in [0.25, 0.3) is 0 Å². The molecular formula is C12H21AlO3. The molecular weight excluding hydrogens is 219 g/mol. The first-order valence-electron chi connectivity index (χ1n) is 5.19. The number of rotatable bonds is 9. The quantitative estimate of drug-likeness (QED) is 0.458. The van der Waals surface area contributed by atoms with E-state index < -0.39 is 15.1 Å². The van der Waals surface area contributed by atoms with Crippen molar-refractivity contribution in [1.29, 1.82) is 0 Å². The van der Waals surface area contributed by atoms with Crippen LogP contribution >= 0.6 is 0 Å². The Labute approximate surface area is 104 Å². The van der Waals surface area contributed by atoms with Crippen LogP contribution in [-0.4, -0.2) is 35.0 Å². The highest BCUT2D eigenvalue weighted by Crippen LogP contribution is 2.01. The van der Waals surface area contributed by atoms with E-state index in [9.17, 15) is 0 Å². The minimum atomic E-state index is -2.08. The first-order valence-corrected chi connectivity index (χ1v) is 6.61. The second kappa shape index (κ2) is 8.75. The van der Waals surface area contributed by atoms with E-state index in [1.54, 1.807) is 0 Å². The predicted octanol–water partition coefficient (Wildman–Crippen LogP) is 2.75. The summed E-state index contributed by atoms with van der Waals surface area (Å²) in [7, 11) is 0. The lowest BCUT2D eigenvalue weighted by Gasteiger charge is -2.13. The van der Waals surface area contributed by atoms with E-state index in [4.69, 9.17) is 11.4 Å². The molecule has 0 fully saturated rings. The van der Waals surface area contributed by atoms with Gasteiger partial charge in [-0.2, -0.15) is 0 Å². The average Bonchev–Trinajstić information content (AvgIpc) is 2.15. The fourth-order valence-corrected chi connectivity index (χ4v) is 2.33. The Morgan fingerprint density at radius 3 is 1.19 bits per heavy atom. The molecule has 0 aromatic heterocycles. The zero-order chi connectivity index (χ0) is 12.6. The average molecular weight is 240 g/mol. The minimum absolute atomic E-state index is 0.475. The van der Waals surface area contributed by atoms with E-state index in [1.807, 2.05) is 20.8 Å². The lowest BCUT2D eigenvalue weighted by Crippen LogP contribution is -2.29. The highest BCUT2D eigenvalue weighted by atomic mass is 27.3. The number of hydrogen-bond donors (Lipinski definition) is 0. The standard InChI is InChI=1S/3C4H7O.Al/c3*1-4(2)3-5;/h3*1,3H2,2H3;/q3*-1;+3. The highest BCUT2D eigenvalue weighted by Gasteiger charge is 2.30. The monoisotopic (exact) mass is 240 g/mol. The first kappa shape index (κ1) is 15.6. The van der Waals surface area contributed by atoms with Crippen LogP contribution in [0, 0.1) is 0 Å². The second-order valence-corrected chi connectivity index (χ2v) is 5.67. The van der Waals surface area contributed by atoms with Crippen molar-refractivity contribution >= 4 is 15.1 Å². The molecule has 0 aliphatic rings. The maximum Gasteiger partial charge on any atom is 0.906 e. The molecule has 0 radical (unpaired) electrons. The summed E-state index contributed by atoms with van der Waals surface area (Å²) in [6.45, 7) is 18.4. The van der Waals surface area contributed by atoms with Gasteiger partial charge in [-0.05, 0) is 20.8 Å². The van der Waals surface area contributed by atoms with Gasteiger partial charge in [-0.1, -0.05) is 36.5 Å². The highest BCUT2D eigenvalue weighted by molar-refractivity contribution is 6.36. The Balaban J connectivity index is 3.98. The summed E-state index contributed by atoms with van der Waals surface area (Å²) in [6, 6.07) is 0. The van der Waals surface area contributed by atoms with Crippen LogP contribution in [0.3, 0.4) is 0 Å². The first-order chi connectivity index (χ1) is 7.41. The predicted molar refractivity (Wildman–Crippen MR) is 68.1 cm³/mol. The lowest BCUT2D eigenvalue weighted by molar-refractivity contribution is 0.116. The normalized spacial score (nSPS) is 9.94. The third-order valence-corrected chi connectivity index (χ3v) is 2.71. The van der Waals surface area contributed by atoms with Gasteiger partial charge in [-0.25, -0.2) is 0 Å². The van der Waals surface area contributed by atoms with Crippen LogP contribution in [0.1, 0.15) is 20.8 Å². The SMILES string of the molecule is C=C(C)C[O][Al]([O]CC(=C)C)[O]CC(=C)C. The van der Waals surface area contributed by atoms with Gasteiger partial charge in [0, 0.05) is 19.8 Å². The number of hydrogen-bond acceptors (Lipinski definition) is 3. The molecule has 16 heavy (non-hydrogen) atoms. The smallest absolute Gasteiger partial charge is 0.451 e. The molecule has 0 aromatic carbocycles. The van der Waals surface area contributed by atoms with Crippen LogP contribution in [0.25, 0.3) is 0 Å². The summed E-state index contributed by atoms with van der Waals surface area (Å²) in [5.74, 6) is 0. The van der Waals surface area contributed by atoms with E-state index in [1.165, 1.54) is 0 Å². The largest absolute Gasteiger partial charge is 0.906 e. The van der Waals surface area contributed by atoms with Crippen molar-refractivity contribution in [2.75, 3.05) is 19.8 Å². The summed E-state index contributed by atoms with van der Waals surface area (Å²) in [6.07, 6.45) is 0. The van der Waals surface area contributed by atoms with Crippen LogP contribution in [0.4, 0.5) is 0 Å². The topological polar surface area (TPSA) is 27.7 Å². The Morgan fingerprint density at radius 2 is 1.00 bits per heavy atom. The van der Waals surface area contributed by atoms with Crippen LogP contribution in [0.2, 0.25) is 0 Å². The van der Waals surface area contributed by atoms with Gasteiger partial charge in [0.15, 0.2) is 0 Å². The Hall–Kier alpha value is -0.368. The van der Waals surface area contributed by atoms with E-state index in [0.717, 1.165) is 16.7 Å². The molecule has 0 bridgehead atoms. The van der Waals surface area contributed by atoms with Gasteiger partial charge >= 0.3 is 15.1 Å². The third kappa shape index (κ3) is 10.2. The molecule has 4 heteroatoms. The third-order valence-electron chi connectivity index (χ3n) is 1.40. The zero-order valence-electron chi connectivity index (χ0n) is 10.5. The van der Waals surface area contributed by atoms with Gasteiger partial charge < -0.3 is 11.4 Å². The molecule has 0 unspecified atom stereocenters. The fourth-order valence-electron chi connectivity index (χ4n) is 0.775. The Morgan fingerprint density at radius 1 is 0.750 bits per heavy atom. The van der Waals surface area contributed by atoms with Crippen LogP contribution < -0.4 is 0 Å². The molecule has 0 aliphatic heterocycles. The van der Waals surface area contributed by atoms with Gasteiger partial charge in [-0.3, -0.25) is 0 Å². The van der Waals surface area contributed by atoms with Crippen molar-refractivity contribution in [2.24, 2.45) is 0 Å². The summed E-state index contributed by atoms with van der Waals surface area (Å²) in [5, 5.41) is 0. The van der Waals surface area contributed by atoms with E-state index in [2.05, 4.69) is 19.7 Å². The summed E-state index contributed by atoms with van der Waals surface area (Å²) < 4.78 is 16.6. The molecule has 0 aliphatic carbocycles. The second-order valence-electron chi connectivity index (χ2n) is 4.09. The van der Waals surface area contributed by atoms with Crippen molar-refractivity contribution in [3.05, 3.63) is 36.5 Å². The molecule has 0 atom stereocenters. The molecule has 0 amide bonds. The van der Waals surface area contributed by atoms with Gasteiger partial charge in [-0.15, -0.1) is 0 Å². The Bertz CT molecular complexity index is 218.